The Bertz CT molecular complexity index is 193. The van der Waals surface area contributed by atoms with Crippen molar-refractivity contribution in [1.29, 1.82) is 0 Å². The summed E-state index contributed by atoms with van der Waals surface area (Å²) in [6.45, 7) is 14.1. The van der Waals surface area contributed by atoms with Crippen LogP contribution in [0.4, 0.5) is 0 Å². The summed E-state index contributed by atoms with van der Waals surface area (Å²) in [7, 11) is 6.27. The molecule has 1 aliphatic carbocycles. The lowest BCUT2D eigenvalue weighted by atomic mass is 9.63. The summed E-state index contributed by atoms with van der Waals surface area (Å²) in [5.41, 5.74) is 0.323. The lowest BCUT2D eigenvalue weighted by Crippen LogP contribution is -2.30. The Morgan fingerprint density at radius 1 is 1.07 bits per heavy atom. The Hall–Kier alpha value is 0.0649. The van der Waals surface area contributed by atoms with Crippen molar-refractivity contribution in [3.8, 4) is 0 Å². The molecule has 0 spiro atoms. The zero-order valence-electron chi connectivity index (χ0n) is 10.7. The highest BCUT2D eigenvalue weighted by Crippen LogP contribution is 2.57. The van der Waals surface area contributed by atoms with Crippen molar-refractivity contribution >= 4 is 7.85 Å². The monoisotopic (exact) mass is 192 g/mol. The minimum atomic E-state index is 0.323. The van der Waals surface area contributed by atoms with Gasteiger partial charge in [-0.05, 0) is 29.1 Å². The highest BCUT2D eigenvalue weighted by Gasteiger charge is 2.48. The first kappa shape index (κ1) is 12.1. The average Bonchev–Trinajstić information content (AvgIpc) is 2.23. The van der Waals surface area contributed by atoms with Gasteiger partial charge in [-0.3, -0.25) is 0 Å². The van der Waals surface area contributed by atoms with Gasteiger partial charge in [0, 0.05) is 0 Å². The quantitative estimate of drug-likeness (QED) is 0.581. The van der Waals surface area contributed by atoms with Gasteiger partial charge >= 0.3 is 0 Å². The van der Waals surface area contributed by atoms with E-state index in [9.17, 15) is 0 Å². The first-order chi connectivity index (χ1) is 6.28. The van der Waals surface area contributed by atoms with E-state index < -0.39 is 0 Å². The second-order valence-corrected chi connectivity index (χ2v) is 6.34. The van der Waals surface area contributed by atoms with Crippen LogP contribution in [0.15, 0.2) is 0 Å². The van der Waals surface area contributed by atoms with E-state index >= 15 is 0 Å². The normalized spacial score (nSPS) is 37.0. The summed E-state index contributed by atoms with van der Waals surface area (Å²) in [5.74, 6) is 3.53. The molecule has 1 aliphatic rings. The van der Waals surface area contributed by atoms with Crippen molar-refractivity contribution in [2.75, 3.05) is 0 Å². The van der Waals surface area contributed by atoms with Crippen molar-refractivity contribution in [2.24, 2.45) is 29.1 Å². The van der Waals surface area contributed by atoms with Crippen LogP contribution in [0.2, 0.25) is 5.82 Å². The fourth-order valence-electron chi connectivity index (χ4n) is 3.58. The Morgan fingerprint density at radius 3 is 1.86 bits per heavy atom. The molecule has 0 aromatic heterocycles. The Kier molecular flexibility index (Phi) is 3.39. The SMILES string of the molecule is [B]C1CC(C(C)C)C(C(C)C)C1(C)C. The van der Waals surface area contributed by atoms with E-state index in [4.69, 9.17) is 7.85 Å². The maximum absolute atomic E-state index is 6.27. The van der Waals surface area contributed by atoms with Crippen molar-refractivity contribution < 1.29 is 0 Å². The summed E-state index contributed by atoms with van der Waals surface area (Å²) >= 11 is 0. The maximum Gasteiger partial charge on any atom is 0.0707 e. The zero-order valence-corrected chi connectivity index (χ0v) is 10.7. The van der Waals surface area contributed by atoms with E-state index in [0.29, 0.717) is 11.2 Å². The molecule has 0 N–H and O–H groups in total. The number of hydrogen-bond acceptors (Lipinski definition) is 0. The second kappa shape index (κ2) is 3.91. The molecule has 1 saturated carbocycles. The lowest BCUT2D eigenvalue weighted by molar-refractivity contribution is 0.131. The van der Waals surface area contributed by atoms with Gasteiger partial charge in [0.2, 0.25) is 0 Å². The summed E-state index contributed by atoms with van der Waals surface area (Å²) in [5, 5.41) is 0. The van der Waals surface area contributed by atoms with Crippen molar-refractivity contribution in [2.45, 2.75) is 53.8 Å². The zero-order chi connectivity index (χ0) is 11.1. The minimum absolute atomic E-state index is 0.323. The highest BCUT2D eigenvalue weighted by atomic mass is 14.5. The fourth-order valence-corrected chi connectivity index (χ4v) is 3.58. The van der Waals surface area contributed by atoms with Crippen LogP contribution in [0.25, 0.3) is 0 Å². The fraction of sp³-hybridized carbons (Fsp3) is 1.00. The predicted octanol–water partition coefficient (Wildman–Crippen LogP) is 3.92. The third-order valence-corrected chi connectivity index (χ3v) is 4.38. The number of hydrogen-bond donors (Lipinski definition) is 0. The molecule has 0 amide bonds. The van der Waals surface area contributed by atoms with Crippen LogP contribution < -0.4 is 0 Å². The molecule has 1 rings (SSSR count). The van der Waals surface area contributed by atoms with E-state index in [1.54, 1.807) is 0 Å². The molecule has 1 heteroatoms. The topological polar surface area (TPSA) is 0 Å². The summed E-state index contributed by atoms with van der Waals surface area (Å²) in [6, 6.07) is 0. The molecular weight excluding hydrogens is 167 g/mol. The molecule has 80 valence electrons. The van der Waals surface area contributed by atoms with Gasteiger partial charge < -0.3 is 0 Å². The van der Waals surface area contributed by atoms with Crippen molar-refractivity contribution in [3.63, 3.8) is 0 Å². The Balaban J connectivity index is 2.92. The van der Waals surface area contributed by atoms with E-state index in [1.807, 2.05) is 0 Å². The lowest BCUT2D eigenvalue weighted by Gasteiger charge is -2.37. The van der Waals surface area contributed by atoms with Crippen LogP contribution in [-0.2, 0) is 0 Å². The van der Waals surface area contributed by atoms with Gasteiger partial charge in [0.05, 0.1) is 7.85 Å². The van der Waals surface area contributed by atoms with Crippen LogP contribution in [0.5, 0.6) is 0 Å². The Morgan fingerprint density at radius 2 is 1.57 bits per heavy atom. The van der Waals surface area contributed by atoms with Crippen LogP contribution in [0.1, 0.15) is 48.0 Å². The van der Waals surface area contributed by atoms with Crippen LogP contribution in [0, 0.1) is 29.1 Å². The third kappa shape index (κ3) is 1.88. The summed E-state index contributed by atoms with van der Waals surface area (Å²) in [4.78, 5) is 0. The standard InChI is InChI=1S/C13H25B/c1-8(2)10-7-11(14)13(5,6)12(10)9(3)4/h8-12H,7H2,1-6H3. The molecule has 0 saturated heterocycles. The molecule has 0 nitrogen and oxygen atoms in total. The predicted molar refractivity (Wildman–Crippen MR) is 64.6 cm³/mol. The molecule has 0 bridgehead atoms. The van der Waals surface area contributed by atoms with Crippen LogP contribution >= 0.6 is 0 Å². The van der Waals surface area contributed by atoms with E-state index in [0.717, 1.165) is 23.7 Å². The minimum Gasteiger partial charge on any atom is -0.0718 e. The molecule has 0 aromatic carbocycles. The smallest absolute Gasteiger partial charge is 0.0707 e. The van der Waals surface area contributed by atoms with E-state index in [-0.39, 0.29) is 0 Å². The molecule has 3 unspecified atom stereocenters. The Labute approximate surface area is 91.3 Å². The molecule has 14 heavy (non-hydrogen) atoms. The van der Waals surface area contributed by atoms with E-state index in [2.05, 4.69) is 41.5 Å². The van der Waals surface area contributed by atoms with Gasteiger partial charge in [0.25, 0.3) is 0 Å². The van der Waals surface area contributed by atoms with Gasteiger partial charge in [0.1, 0.15) is 0 Å². The third-order valence-electron chi connectivity index (χ3n) is 4.38. The van der Waals surface area contributed by atoms with Crippen LogP contribution in [-0.4, -0.2) is 7.85 Å². The molecule has 0 aliphatic heterocycles. The summed E-state index contributed by atoms with van der Waals surface area (Å²) < 4.78 is 0. The van der Waals surface area contributed by atoms with Gasteiger partial charge in [-0.2, -0.15) is 0 Å². The van der Waals surface area contributed by atoms with E-state index in [1.165, 1.54) is 6.42 Å². The number of rotatable bonds is 2. The molecule has 1 fully saturated rings. The van der Waals surface area contributed by atoms with Crippen LogP contribution in [0.3, 0.4) is 0 Å². The van der Waals surface area contributed by atoms with Gasteiger partial charge in [-0.15, -0.1) is 0 Å². The maximum atomic E-state index is 6.27. The molecule has 2 radical (unpaired) electrons. The average molecular weight is 192 g/mol. The first-order valence-corrected chi connectivity index (χ1v) is 6.04. The first-order valence-electron chi connectivity index (χ1n) is 6.04. The highest BCUT2D eigenvalue weighted by molar-refractivity contribution is 6.12. The van der Waals surface area contributed by atoms with Crippen molar-refractivity contribution in [1.82, 2.24) is 0 Å². The van der Waals surface area contributed by atoms with Gasteiger partial charge in [-0.1, -0.05) is 53.8 Å². The summed E-state index contributed by atoms with van der Waals surface area (Å²) in [6.07, 6.45) is 1.22. The second-order valence-electron chi connectivity index (χ2n) is 6.34. The molecule has 0 heterocycles. The van der Waals surface area contributed by atoms with Gasteiger partial charge in [-0.25, -0.2) is 0 Å². The largest absolute Gasteiger partial charge is 0.0718 e. The van der Waals surface area contributed by atoms with Crippen molar-refractivity contribution in [3.05, 3.63) is 0 Å². The molecule has 0 aromatic rings. The van der Waals surface area contributed by atoms with Gasteiger partial charge in [0.15, 0.2) is 0 Å². The molecule has 3 atom stereocenters. The molecular formula is C13H25B.